The van der Waals surface area contributed by atoms with E-state index in [1.807, 2.05) is 0 Å². The van der Waals surface area contributed by atoms with Gasteiger partial charge < -0.3 is 10.6 Å². The highest BCUT2D eigenvalue weighted by molar-refractivity contribution is 4.91. The molecule has 1 aliphatic heterocycles. The molecule has 2 rings (SSSR count). The van der Waals surface area contributed by atoms with Crippen LogP contribution in [0, 0.1) is 5.92 Å². The van der Waals surface area contributed by atoms with Crippen LogP contribution in [0.4, 0.5) is 0 Å². The Morgan fingerprint density at radius 1 is 1.64 bits per heavy atom. The van der Waals surface area contributed by atoms with Gasteiger partial charge in [-0.15, -0.1) is 0 Å². The van der Waals surface area contributed by atoms with Gasteiger partial charge in [-0.25, -0.2) is 0 Å². The highest BCUT2D eigenvalue weighted by Gasteiger charge is 2.20. The zero-order chi connectivity index (χ0) is 9.80. The summed E-state index contributed by atoms with van der Waals surface area (Å²) in [6.07, 6.45) is 2.96. The van der Waals surface area contributed by atoms with Crippen molar-refractivity contribution < 1.29 is 0 Å². The second-order valence-electron chi connectivity index (χ2n) is 3.92. The Balaban J connectivity index is 1.79. The Labute approximate surface area is 83.7 Å². The highest BCUT2D eigenvalue weighted by Crippen LogP contribution is 2.10. The minimum absolute atomic E-state index is 0.605. The van der Waals surface area contributed by atoms with Gasteiger partial charge in [0.1, 0.15) is 0 Å². The smallest absolute Gasteiger partial charge is 0.0962 e. The monoisotopic (exact) mass is 195 g/mol. The molecule has 2 atom stereocenters. The molecular formula is C9H17N5. The Kier molecular flexibility index (Phi) is 3.10. The van der Waals surface area contributed by atoms with Gasteiger partial charge in [-0.2, -0.15) is 15.4 Å². The maximum Gasteiger partial charge on any atom is 0.0962 e. The van der Waals surface area contributed by atoms with Gasteiger partial charge in [0.25, 0.3) is 0 Å². The van der Waals surface area contributed by atoms with E-state index in [0.717, 1.165) is 25.3 Å². The standard InChI is InChI=1S/C9H17N5/c1-7-4-10-3-2-9(7)11-5-8-6-12-14-13-8/h6-7,9-11H,2-5H2,1H3,(H,12,13,14). The molecule has 1 saturated heterocycles. The predicted molar refractivity (Wildman–Crippen MR) is 53.7 cm³/mol. The molecule has 3 N–H and O–H groups in total. The van der Waals surface area contributed by atoms with E-state index < -0.39 is 0 Å². The number of aromatic nitrogens is 3. The van der Waals surface area contributed by atoms with Crippen molar-refractivity contribution in [3.63, 3.8) is 0 Å². The van der Waals surface area contributed by atoms with Gasteiger partial charge in [0.15, 0.2) is 0 Å². The van der Waals surface area contributed by atoms with Gasteiger partial charge >= 0.3 is 0 Å². The average molecular weight is 195 g/mol. The molecule has 5 heteroatoms. The second-order valence-corrected chi connectivity index (χ2v) is 3.92. The second kappa shape index (κ2) is 4.52. The molecule has 0 bridgehead atoms. The molecule has 0 radical (unpaired) electrons. The van der Waals surface area contributed by atoms with Gasteiger partial charge in [0, 0.05) is 12.6 Å². The zero-order valence-corrected chi connectivity index (χ0v) is 8.45. The number of piperidine rings is 1. The summed E-state index contributed by atoms with van der Waals surface area (Å²) in [6.45, 7) is 5.30. The van der Waals surface area contributed by atoms with Crippen LogP contribution in [-0.4, -0.2) is 34.5 Å². The summed E-state index contributed by atoms with van der Waals surface area (Å²) >= 11 is 0. The minimum Gasteiger partial charge on any atom is -0.316 e. The number of rotatable bonds is 3. The van der Waals surface area contributed by atoms with Crippen LogP contribution < -0.4 is 10.6 Å². The number of H-pyrrole nitrogens is 1. The molecule has 1 aromatic heterocycles. The molecule has 0 spiro atoms. The largest absolute Gasteiger partial charge is 0.316 e. The maximum atomic E-state index is 4.01. The van der Waals surface area contributed by atoms with Crippen molar-refractivity contribution in [2.75, 3.05) is 13.1 Å². The van der Waals surface area contributed by atoms with E-state index in [0.29, 0.717) is 12.0 Å². The third kappa shape index (κ3) is 2.30. The Morgan fingerprint density at radius 2 is 2.57 bits per heavy atom. The first-order valence-electron chi connectivity index (χ1n) is 5.15. The van der Waals surface area contributed by atoms with Crippen LogP contribution in [-0.2, 0) is 6.54 Å². The predicted octanol–water partition coefficient (Wildman–Crippen LogP) is -0.108. The van der Waals surface area contributed by atoms with E-state index >= 15 is 0 Å². The Morgan fingerprint density at radius 3 is 3.29 bits per heavy atom. The fourth-order valence-electron chi connectivity index (χ4n) is 1.86. The van der Waals surface area contributed by atoms with Crippen LogP contribution in [0.5, 0.6) is 0 Å². The van der Waals surface area contributed by atoms with Gasteiger partial charge in [-0.05, 0) is 25.4 Å². The van der Waals surface area contributed by atoms with Crippen LogP contribution in [0.15, 0.2) is 6.20 Å². The van der Waals surface area contributed by atoms with E-state index in [4.69, 9.17) is 0 Å². The number of nitrogens with one attached hydrogen (secondary N) is 3. The lowest BCUT2D eigenvalue weighted by Gasteiger charge is -2.30. The third-order valence-corrected chi connectivity index (χ3v) is 2.80. The zero-order valence-electron chi connectivity index (χ0n) is 8.45. The summed E-state index contributed by atoms with van der Waals surface area (Å²) in [6, 6.07) is 0.605. The third-order valence-electron chi connectivity index (χ3n) is 2.80. The molecule has 2 heterocycles. The maximum absolute atomic E-state index is 4.01. The van der Waals surface area contributed by atoms with E-state index in [9.17, 15) is 0 Å². The Bertz CT molecular complexity index is 258. The molecule has 0 aromatic carbocycles. The van der Waals surface area contributed by atoms with Crippen molar-refractivity contribution in [1.82, 2.24) is 26.0 Å². The van der Waals surface area contributed by atoms with Crippen molar-refractivity contribution in [1.29, 1.82) is 0 Å². The normalized spacial score (nSPS) is 27.8. The molecule has 0 saturated carbocycles. The van der Waals surface area contributed by atoms with Crippen LogP contribution in [0.2, 0.25) is 0 Å². The fraction of sp³-hybridized carbons (Fsp3) is 0.778. The van der Waals surface area contributed by atoms with Gasteiger partial charge in [-0.1, -0.05) is 6.92 Å². The first kappa shape index (κ1) is 9.61. The molecule has 0 amide bonds. The summed E-state index contributed by atoms with van der Waals surface area (Å²) in [7, 11) is 0. The van der Waals surface area contributed by atoms with Crippen molar-refractivity contribution in [2.45, 2.75) is 25.9 Å². The summed E-state index contributed by atoms with van der Waals surface area (Å²) < 4.78 is 0. The van der Waals surface area contributed by atoms with Crippen molar-refractivity contribution in [3.8, 4) is 0 Å². The van der Waals surface area contributed by atoms with Crippen LogP contribution in [0.25, 0.3) is 0 Å². The lowest BCUT2D eigenvalue weighted by atomic mass is 9.95. The van der Waals surface area contributed by atoms with E-state index in [2.05, 4.69) is 33.0 Å². The average Bonchev–Trinajstić information content (AvgIpc) is 2.69. The number of hydrogen-bond acceptors (Lipinski definition) is 4. The summed E-state index contributed by atoms with van der Waals surface area (Å²) in [5.74, 6) is 0.690. The van der Waals surface area contributed by atoms with Crippen LogP contribution in [0.3, 0.4) is 0 Å². The van der Waals surface area contributed by atoms with E-state index in [1.54, 1.807) is 6.20 Å². The molecule has 1 fully saturated rings. The lowest BCUT2D eigenvalue weighted by molar-refractivity contribution is 0.294. The molecule has 5 nitrogen and oxygen atoms in total. The molecule has 1 aromatic rings. The molecular weight excluding hydrogens is 178 g/mol. The van der Waals surface area contributed by atoms with Gasteiger partial charge in [0.2, 0.25) is 0 Å². The van der Waals surface area contributed by atoms with Gasteiger partial charge in [0.05, 0.1) is 11.9 Å². The molecule has 1 aliphatic rings. The van der Waals surface area contributed by atoms with E-state index in [1.165, 1.54) is 6.42 Å². The topological polar surface area (TPSA) is 65.6 Å². The first-order valence-corrected chi connectivity index (χ1v) is 5.15. The van der Waals surface area contributed by atoms with Crippen molar-refractivity contribution in [3.05, 3.63) is 11.9 Å². The number of nitrogens with zero attached hydrogens (tertiary/aromatic N) is 2. The summed E-state index contributed by atoms with van der Waals surface area (Å²) in [4.78, 5) is 0. The van der Waals surface area contributed by atoms with Crippen LogP contribution >= 0.6 is 0 Å². The quantitative estimate of drug-likeness (QED) is 0.630. The molecule has 2 unspecified atom stereocenters. The first-order chi connectivity index (χ1) is 6.86. The van der Waals surface area contributed by atoms with E-state index in [-0.39, 0.29) is 0 Å². The lowest BCUT2D eigenvalue weighted by Crippen LogP contribution is -2.46. The van der Waals surface area contributed by atoms with Gasteiger partial charge in [-0.3, -0.25) is 0 Å². The number of aromatic amines is 1. The molecule has 0 aliphatic carbocycles. The summed E-state index contributed by atoms with van der Waals surface area (Å²) in [5, 5.41) is 17.3. The number of hydrogen-bond donors (Lipinski definition) is 3. The van der Waals surface area contributed by atoms with Crippen molar-refractivity contribution in [2.24, 2.45) is 5.92 Å². The van der Waals surface area contributed by atoms with Crippen molar-refractivity contribution >= 4 is 0 Å². The highest BCUT2D eigenvalue weighted by atomic mass is 15.3. The minimum atomic E-state index is 0.605. The summed E-state index contributed by atoms with van der Waals surface area (Å²) in [5.41, 5.74) is 0.982. The SMILES string of the molecule is CC1CNCCC1NCc1cn[nH]n1. The van der Waals surface area contributed by atoms with Crippen LogP contribution in [0.1, 0.15) is 19.0 Å². The Hall–Kier alpha value is -0.940. The fourth-order valence-corrected chi connectivity index (χ4v) is 1.86. The molecule has 14 heavy (non-hydrogen) atoms. The molecule has 78 valence electrons.